The summed E-state index contributed by atoms with van der Waals surface area (Å²) in [5.74, 6) is -2.03. The third-order valence-corrected chi connectivity index (χ3v) is 4.18. The van der Waals surface area contributed by atoms with E-state index in [0.717, 1.165) is 35.3 Å². The zero-order valence-corrected chi connectivity index (χ0v) is 16.5. The largest absolute Gasteiger partial charge is 0.465 e. The second kappa shape index (κ2) is 9.09. The van der Waals surface area contributed by atoms with Gasteiger partial charge in [-0.25, -0.2) is 4.79 Å². The lowest BCUT2D eigenvalue weighted by Crippen LogP contribution is -2.33. The van der Waals surface area contributed by atoms with Gasteiger partial charge in [0, 0.05) is 27.9 Å². The number of non-ortho nitro benzene ring substituents is 1. The van der Waals surface area contributed by atoms with E-state index in [1.165, 1.54) is 0 Å². The van der Waals surface area contributed by atoms with E-state index in [9.17, 15) is 24.5 Å². The molecular weight excluding hydrogens is 434 g/mol. The predicted octanol–water partition coefficient (Wildman–Crippen LogP) is 2.82. The van der Waals surface area contributed by atoms with Crippen molar-refractivity contribution in [2.75, 3.05) is 19.0 Å². The number of hydrogen-bond acceptors (Lipinski definition) is 6. The zero-order valence-electron chi connectivity index (χ0n) is 14.9. The van der Waals surface area contributed by atoms with Crippen LogP contribution in [0.5, 0.6) is 0 Å². The minimum atomic E-state index is -0.818. The number of nitrogens with zero attached hydrogens (tertiary/aromatic N) is 1. The average molecular weight is 450 g/mol. The summed E-state index contributed by atoms with van der Waals surface area (Å²) in [6.07, 6.45) is 0. The number of halogens is 1. The number of amides is 2. The Morgan fingerprint density at radius 3 is 2.43 bits per heavy atom. The van der Waals surface area contributed by atoms with Gasteiger partial charge in [0.25, 0.3) is 11.6 Å². The van der Waals surface area contributed by atoms with Crippen LogP contribution >= 0.6 is 15.9 Å². The number of rotatable bonds is 6. The molecule has 2 rings (SSSR count). The minimum Gasteiger partial charge on any atom is -0.465 e. The van der Waals surface area contributed by atoms with E-state index in [1.807, 2.05) is 13.0 Å². The Bertz CT molecular complexity index is 960. The van der Waals surface area contributed by atoms with E-state index in [2.05, 4.69) is 31.3 Å². The molecule has 2 N–H and O–H groups in total. The fraction of sp³-hybridized carbons (Fsp3) is 0.167. The molecular formula is C18H16BrN3O6. The zero-order chi connectivity index (χ0) is 20.8. The molecule has 9 nitrogen and oxygen atoms in total. The van der Waals surface area contributed by atoms with Crippen LogP contribution in [-0.4, -0.2) is 36.4 Å². The highest BCUT2D eigenvalue weighted by atomic mass is 79.9. The fourth-order valence-corrected chi connectivity index (χ4v) is 2.78. The number of nitrogens with one attached hydrogen (secondary N) is 2. The van der Waals surface area contributed by atoms with Crippen LogP contribution in [0.2, 0.25) is 0 Å². The van der Waals surface area contributed by atoms with Crippen LogP contribution in [0.1, 0.15) is 26.3 Å². The molecule has 2 aromatic carbocycles. The second-order valence-electron chi connectivity index (χ2n) is 5.71. The molecule has 0 aliphatic rings. The molecule has 0 atom stereocenters. The van der Waals surface area contributed by atoms with Gasteiger partial charge in [0.1, 0.15) is 0 Å². The van der Waals surface area contributed by atoms with Crippen molar-refractivity contribution < 1.29 is 24.0 Å². The maximum atomic E-state index is 12.3. The van der Waals surface area contributed by atoms with Crippen LogP contribution in [0.4, 0.5) is 11.4 Å². The van der Waals surface area contributed by atoms with Crippen molar-refractivity contribution in [3.05, 3.63) is 67.7 Å². The number of carbonyl (C=O) groups excluding carboxylic acids is 3. The summed E-state index contributed by atoms with van der Waals surface area (Å²) in [5.41, 5.74) is 0.697. The molecule has 0 fully saturated rings. The van der Waals surface area contributed by atoms with E-state index in [1.54, 1.807) is 12.1 Å². The van der Waals surface area contributed by atoms with Crippen LogP contribution < -0.4 is 10.6 Å². The number of anilines is 1. The number of aryl methyl sites for hydroxylation is 1. The van der Waals surface area contributed by atoms with Gasteiger partial charge in [0.05, 0.1) is 24.1 Å². The first-order chi connectivity index (χ1) is 13.2. The smallest absolute Gasteiger partial charge is 0.338 e. The van der Waals surface area contributed by atoms with Gasteiger partial charge in [0.15, 0.2) is 0 Å². The molecule has 0 saturated heterocycles. The Hall–Kier alpha value is -3.27. The molecule has 0 aliphatic heterocycles. The first kappa shape index (κ1) is 21.0. The molecule has 2 amide bonds. The summed E-state index contributed by atoms with van der Waals surface area (Å²) >= 11 is 3.32. The van der Waals surface area contributed by atoms with Gasteiger partial charge in [-0.2, -0.15) is 0 Å². The van der Waals surface area contributed by atoms with Gasteiger partial charge in [0.2, 0.25) is 5.91 Å². The Morgan fingerprint density at radius 1 is 1.14 bits per heavy atom. The molecule has 28 heavy (non-hydrogen) atoms. The number of methoxy groups -OCH3 is 1. The second-order valence-corrected chi connectivity index (χ2v) is 6.62. The monoisotopic (exact) mass is 449 g/mol. The molecule has 0 heterocycles. The van der Waals surface area contributed by atoms with Crippen LogP contribution in [0.25, 0.3) is 0 Å². The molecule has 0 spiro atoms. The first-order valence-electron chi connectivity index (χ1n) is 7.93. The molecule has 0 unspecified atom stereocenters. The Balaban J connectivity index is 2.09. The maximum Gasteiger partial charge on any atom is 0.338 e. The summed E-state index contributed by atoms with van der Waals surface area (Å²) in [6, 6.07) is 8.47. The number of benzene rings is 2. The highest BCUT2D eigenvalue weighted by Gasteiger charge is 2.19. The highest BCUT2D eigenvalue weighted by molar-refractivity contribution is 9.10. The van der Waals surface area contributed by atoms with E-state index in [0.29, 0.717) is 5.69 Å². The van der Waals surface area contributed by atoms with Crippen LogP contribution in [0.15, 0.2) is 40.9 Å². The van der Waals surface area contributed by atoms with Crippen LogP contribution in [-0.2, 0) is 9.53 Å². The molecule has 0 saturated carbocycles. The van der Waals surface area contributed by atoms with Crippen molar-refractivity contribution in [1.29, 1.82) is 0 Å². The SMILES string of the molecule is COC(=O)c1cc(C(=O)NCC(=O)Nc2ccc(Br)cc2C)cc([N+](=O)[O-])c1. The number of hydrogen-bond donors (Lipinski definition) is 2. The van der Waals surface area contributed by atoms with Crippen molar-refractivity contribution >= 4 is 45.1 Å². The van der Waals surface area contributed by atoms with Crippen molar-refractivity contribution in [1.82, 2.24) is 5.32 Å². The summed E-state index contributed by atoms with van der Waals surface area (Å²) < 4.78 is 5.39. The summed E-state index contributed by atoms with van der Waals surface area (Å²) in [7, 11) is 1.12. The summed E-state index contributed by atoms with van der Waals surface area (Å²) in [5, 5.41) is 16.0. The van der Waals surface area contributed by atoms with Crippen molar-refractivity contribution in [2.45, 2.75) is 6.92 Å². The maximum absolute atomic E-state index is 12.3. The Labute approximate surface area is 168 Å². The highest BCUT2D eigenvalue weighted by Crippen LogP contribution is 2.20. The fourth-order valence-electron chi connectivity index (χ4n) is 2.31. The Morgan fingerprint density at radius 2 is 1.82 bits per heavy atom. The van der Waals surface area contributed by atoms with E-state index < -0.39 is 28.4 Å². The number of carbonyl (C=O) groups is 3. The number of ether oxygens (including phenoxy) is 1. The first-order valence-corrected chi connectivity index (χ1v) is 8.72. The number of nitro groups is 1. The normalized spacial score (nSPS) is 10.1. The van der Waals surface area contributed by atoms with Gasteiger partial charge >= 0.3 is 5.97 Å². The lowest BCUT2D eigenvalue weighted by molar-refractivity contribution is -0.384. The van der Waals surface area contributed by atoms with E-state index in [-0.39, 0.29) is 17.7 Å². The molecule has 10 heteroatoms. The quantitative estimate of drug-likeness (QED) is 0.396. The molecule has 0 bridgehead atoms. The molecule has 0 aliphatic carbocycles. The van der Waals surface area contributed by atoms with Crippen molar-refractivity contribution in [2.24, 2.45) is 0 Å². The van der Waals surface area contributed by atoms with Gasteiger partial charge < -0.3 is 15.4 Å². The van der Waals surface area contributed by atoms with Crippen molar-refractivity contribution in [3.8, 4) is 0 Å². The third-order valence-electron chi connectivity index (χ3n) is 3.68. The van der Waals surface area contributed by atoms with Gasteiger partial charge in [-0.1, -0.05) is 15.9 Å². The minimum absolute atomic E-state index is 0.137. The van der Waals surface area contributed by atoms with Crippen LogP contribution in [0.3, 0.4) is 0 Å². The number of nitro benzene ring substituents is 1. The molecule has 0 radical (unpaired) electrons. The lowest BCUT2D eigenvalue weighted by atomic mass is 10.1. The molecule has 2 aromatic rings. The average Bonchev–Trinajstić information content (AvgIpc) is 2.67. The van der Waals surface area contributed by atoms with Gasteiger partial charge in [-0.05, 0) is 36.8 Å². The Kier molecular flexibility index (Phi) is 6.83. The van der Waals surface area contributed by atoms with Gasteiger partial charge in [-0.15, -0.1) is 0 Å². The standard InChI is InChI=1S/C18H16BrN3O6/c1-10-5-13(19)3-4-15(10)21-16(23)9-20-17(24)11-6-12(18(25)28-2)8-14(7-11)22(26)27/h3-8H,9H2,1-2H3,(H,20,24)(H,21,23). The molecule has 146 valence electrons. The number of esters is 1. The van der Waals surface area contributed by atoms with Crippen molar-refractivity contribution in [3.63, 3.8) is 0 Å². The van der Waals surface area contributed by atoms with Crippen LogP contribution in [0, 0.1) is 17.0 Å². The summed E-state index contributed by atoms with van der Waals surface area (Å²) in [6.45, 7) is 1.46. The third kappa shape index (κ3) is 5.36. The van der Waals surface area contributed by atoms with E-state index >= 15 is 0 Å². The van der Waals surface area contributed by atoms with E-state index in [4.69, 9.17) is 0 Å². The molecule has 0 aromatic heterocycles. The summed E-state index contributed by atoms with van der Waals surface area (Å²) in [4.78, 5) is 46.3. The predicted molar refractivity (Wildman–Crippen MR) is 104 cm³/mol. The van der Waals surface area contributed by atoms with Gasteiger partial charge in [-0.3, -0.25) is 19.7 Å². The topological polar surface area (TPSA) is 128 Å². The lowest BCUT2D eigenvalue weighted by Gasteiger charge is -2.10.